The van der Waals surface area contributed by atoms with Crippen LogP contribution >= 0.6 is 0 Å². The van der Waals surface area contributed by atoms with Gasteiger partial charge in [0, 0.05) is 23.2 Å². The van der Waals surface area contributed by atoms with Crippen molar-refractivity contribution >= 4 is 21.9 Å². The summed E-state index contributed by atoms with van der Waals surface area (Å²) < 4.78 is 5.62. The molecule has 0 unspecified atom stereocenters. The first kappa shape index (κ1) is 20.3. The van der Waals surface area contributed by atoms with Gasteiger partial charge in [0.05, 0.1) is 29.2 Å². The van der Waals surface area contributed by atoms with Crippen LogP contribution in [0, 0.1) is 11.3 Å². The molecule has 33 heavy (non-hydrogen) atoms. The molecule has 4 aromatic rings. The maximum absolute atomic E-state index is 9.82. The maximum atomic E-state index is 9.82. The Labute approximate surface area is 192 Å². The summed E-state index contributed by atoms with van der Waals surface area (Å²) >= 11 is 0. The Bertz CT molecular complexity index is 1380. The number of aromatic nitrogens is 4. The van der Waals surface area contributed by atoms with Crippen LogP contribution in [0.5, 0.6) is 5.88 Å². The van der Waals surface area contributed by atoms with Crippen molar-refractivity contribution in [3.8, 4) is 23.3 Å². The molecule has 4 heterocycles. The number of imidazole rings is 1. The van der Waals surface area contributed by atoms with Crippen molar-refractivity contribution in [2.24, 2.45) is 0 Å². The number of likely N-dealkylation sites (tertiary alicyclic amines) is 1. The summed E-state index contributed by atoms with van der Waals surface area (Å²) in [6.07, 6.45) is 6.36. The van der Waals surface area contributed by atoms with E-state index in [9.17, 15) is 5.26 Å². The van der Waals surface area contributed by atoms with Gasteiger partial charge in [0.15, 0.2) is 0 Å². The molecular weight excluding hydrogens is 412 g/mol. The van der Waals surface area contributed by atoms with Crippen LogP contribution in [-0.4, -0.2) is 51.6 Å². The maximum Gasteiger partial charge on any atom is 0.226 e. The number of hydrogen-bond donors (Lipinski definition) is 2. The molecule has 1 saturated heterocycles. The summed E-state index contributed by atoms with van der Waals surface area (Å²) in [6, 6.07) is 8.98. The molecule has 7 nitrogen and oxygen atoms in total. The summed E-state index contributed by atoms with van der Waals surface area (Å²) in [5.41, 5.74) is 6.68. The fourth-order valence-electron chi connectivity index (χ4n) is 5.31. The minimum atomic E-state index is 0.434. The molecule has 168 valence electrons. The lowest BCUT2D eigenvalue weighted by Crippen LogP contribution is -2.32. The third kappa shape index (κ3) is 3.37. The Morgan fingerprint density at radius 2 is 1.97 bits per heavy atom. The standard InChI is InChI=1S/C26H28N6O/c1-3-32-10-8-15(9-11-32)17-6-7-20-21(12-17)30-25(29-20)22-24-19(14-28-26(22)33-2)18(13-27)23(31-24)16-4-5-16/h6-7,12,14-16,31H,3-5,8-11H2,1-2H3,(H,29,30). The van der Waals surface area contributed by atoms with Crippen molar-refractivity contribution in [3.63, 3.8) is 0 Å². The molecular formula is C26H28N6O. The molecule has 0 spiro atoms. The topological polar surface area (TPSA) is 93.6 Å². The van der Waals surface area contributed by atoms with Gasteiger partial charge in [-0.15, -0.1) is 0 Å². The molecule has 2 fully saturated rings. The third-order valence-electron chi connectivity index (χ3n) is 7.38. The first-order valence-corrected chi connectivity index (χ1v) is 11.9. The Hall–Kier alpha value is -3.37. The first-order chi connectivity index (χ1) is 16.2. The molecule has 1 saturated carbocycles. The zero-order valence-corrected chi connectivity index (χ0v) is 19.1. The number of nitrogens with one attached hydrogen (secondary N) is 2. The highest BCUT2D eigenvalue weighted by Gasteiger charge is 2.31. The molecule has 3 aromatic heterocycles. The summed E-state index contributed by atoms with van der Waals surface area (Å²) in [5, 5.41) is 10.6. The number of pyridine rings is 1. The average molecular weight is 441 g/mol. The van der Waals surface area contributed by atoms with Gasteiger partial charge in [-0.25, -0.2) is 9.97 Å². The normalized spacial score (nSPS) is 17.6. The lowest BCUT2D eigenvalue weighted by Gasteiger charge is -2.31. The predicted molar refractivity (Wildman–Crippen MR) is 129 cm³/mol. The Kier molecular flexibility index (Phi) is 4.84. The van der Waals surface area contributed by atoms with Gasteiger partial charge in [-0.05, 0) is 68.9 Å². The van der Waals surface area contributed by atoms with Crippen molar-refractivity contribution in [3.05, 3.63) is 41.2 Å². The number of H-pyrrole nitrogens is 2. The number of benzene rings is 1. The fourth-order valence-corrected chi connectivity index (χ4v) is 5.31. The van der Waals surface area contributed by atoms with Crippen LogP contribution in [0.25, 0.3) is 33.3 Å². The van der Waals surface area contributed by atoms with Crippen molar-refractivity contribution in [1.82, 2.24) is 24.8 Å². The van der Waals surface area contributed by atoms with E-state index >= 15 is 0 Å². The van der Waals surface area contributed by atoms with Crippen molar-refractivity contribution in [1.29, 1.82) is 5.26 Å². The van der Waals surface area contributed by atoms with Crippen molar-refractivity contribution < 1.29 is 4.74 Å². The van der Waals surface area contributed by atoms with E-state index < -0.39 is 0 Å². The molecule has 0 amide bonds. The van der Waals surface area contributed by atoms with Crippen molar-refractivity contribution in [2.45, 2.75) is 44.4 Å². The van der Waals surface area contributed by atoms with Gasteiger partial charge in [0.1, 0.15) is 17.5 Å². The number of piperidine rings is 1. The van der Waals surface area contributed by atoms with Crippen LogP contribution in [-0.2, 0) is 0 Å². The Balaban J connectivity index is 1.44. The summed E-state index contributed by atoms with van der Waals surface area (Å²) in [7, 11) is 1.62. The fraction of sp³-hybridized carbons (Fsp3) is 0.423. The molecule has 7 heteroatoms. The number of methoxy groups -OCH3 is 1. The number of nitrogens with zero attached hydrogens (tertiary/aromatic N) is 4. The van der Waals surface area contributed by atoms with Gasteiger partial charge in [-0.2, -0.15) is 5.26 Å². The van der Waals surface area contributed by atoms with E-state index in [1.807, 2.05) is 0 Å². The number of nitriles is 1. The molecule has 6 rings (SSSR count). The molecule has 2 N–H and O–H groups in total. The SMILES string of the molecule is CCN1CCC(c2ccc3nc(-c4c(OC)ncc5c(C#N)c(C6CC6)[nH]c45)[nH]c3c2)CC1. The molecule has 0 bridgehead atoms. The summed E-state index contributed by atoms with van der Waals surface area (Å²) in [5.74, 6) is 2.24. The predicted octanol–water partition coefficient (Wildman–Crippen LogP) is 5.06. The Morgan fingerprint density at radius 3 is 2.67 bits per heavy atom. The van der Waals surface area contributed by atoms with E-state index in [2.05, 4.69) is 51.0 Å². The van der Waals surface area contributed by atoms with E-state index in [0.29, 0.717) is 29.1 Å². The Morgan fingerprint density at radius 1 is 1.15 bits per heavy atom. The zero-order chi connectivity index (χ0) is 22.5. The minimum Gasteiger partial charge on any atom is -0.480 e. The van der Waals surface area contributed by atoms with Gasteiger partial charge in [0.2, 0.25) is 5.88 Å². The number of aromatic amines is 2. The molecule has 0 radical (unpaired) electrons. The molecule has 2 aliphatic rings. The smallest absolute Gasteiger partial charge is 0.226 e. The van der Waals surface area contributed by atoms with E-state index in [0.717, 1.165) is 65.7 Å². The number of hydrogen-bond acceptors (Lipinski definition) is 5. The number of rotatable bonds is 5. The highest BCUT2D eigenvalue weighted by atomic mass is 16.5. The van der Waals surface area contributed by atoms with Gasteiger partial charge < -0.3 is 19.6 Å². The first-order valence-electron chi connectivity index (χ1n) is 11.9. The molecule has 1 aliphatic heterocycles. The number of fused-ring (bicyclic) bond motifs is 2. The highest BCUT2D eigenvalue weighted by Crippen LogP contribution is 2.45. The van der Waals surface area contributed by atoms with Gasteiger partial charge in [0.25, 0.3) is 0 Å². The van der Waals surface area contributed by atoms with E-state index in [1.165, 1.54) is 18.4 Å². The van der Waals surface area contributed by atoms with Crippen LogP contribution in [0.1, 0.15) is 61.3 Å². The van der Waals surface area contributed by atoms with E-state index in [1.54, 1.807) is 13.3 Å². The third-order valence-corrected chi connectivity index (χ3v) is 7.38. The minimum absolute atomic E-state index is 0.434. The zero-order valence-electron chi connectivity index (χ0n) is 19.1. The summed E-state index contributed by atoms with van der Waals surface area (Å²) in [4.78, 5) is 19.0. The second kappa shape index (κ2) is 7.89. The van der Waals surface area contributed by atoms with Crippen LogP contribution in [0.3, 0.4) is 0 Å². The monoisotopic (exact) mass is 440 g/mol. The highest BCUT2D eigenvalue weighted by molar-refractivity contribution is 5.99. The van der Waals surface area contributed by atoms with Gasteiger partial charge >= 0.3 is 0 Å². The van der Waals surface area contributed by atoms with Crippen LogP contribution in [0.2, 0.25) is 0 Å². The van der Waals surface area contributed by atoms with Crippen LogP contribution in [0.4, 0.5) is 0 Å². The molecule has 0 atom stereocenters. The second-order valence-electron chi connectivity index (χ2n) is 9.30. The van der Waals surface area contributed by atoms with E-state index in [-0.39, 0.29) is 0 Å². The van der Waals surface area contributed by atoms with Gasteiger partial charge in [-0.1, -0.05) is 13.0 Å². The van der Waals surface area contributed by atoms with Crippen LogP contribution in [0.15, 0.2) is 24.4 Å². The molecule has 1 aliphatic carbocycles. The average Bonchev–Trinajstić information content (AvgIpc) is 3.51. The van der Waals surface area contributed by atoms with E-state index in [4.69, 9.17) is 9.72 Å². The lowest BCUT2D eigenvalue weighted by atomic mass is 9.89. The number of ether oxygens (including phenoxy) is 1. The van der Waals surface area contributed by atoms with Crippen molar-refractivity contribution in [2.75, 3.05) is 26.7 Å². The second-order valence-corrected chi connectivity index (χ2v) is 9.30. The van der Waals surface area contributed by atoms with Gasteiger partial charge in [-0.3, -0.25) is 0 Å². The largest absolute Gasteiger partial charge is 0.480 e. The quantitative estimate of drug-likeness (QED) is 0.452. The van der Waals surface area contributed by atoms with Crippen LogP contribution < -0.4 is 4.74 Å². The lowest BCUT2D eigenvalue weighted by molar-refractivity contribution is 0.222. The summed E-state index contributed by atoms with van der Waals surface area (Å²) in [6.45, 7) is 5.69. The molecule has 1 aromatic carbocycles.